The molecular formula is C7H11BrN2. The number of aryl methyl sites for hydroxylation is 1. The number of halogens is 1. The average molecular weight is 203 g/mol. The first-order valence-corrected chi connectivity index (χ1v) is 4.31. The lowest BCUT2D eigenvalue weighted by molar-refractivity contribution is 0.780. The number of unbranched alkanes of at least 4 members (excludes halogenated alkanes) is 1. The molecule has 0 amide bonds. The highest BCUT2D eigenvalue weighted by Gasteiger charge is 1.94. The van der Waals surface area contributed by atoms with Gasteiger partial charge in [-0.2, -0.15) is 0 Å². The van der Waals surface area contributed by atoms with E-state index in [4.69, 9.17) is 0 Å². The summed E-state index contributed by atoms with van der Waals surface area (Å²) in [6.07, 6.45) is 5.44. The number of hydrogen-bond donors (Lipinski definition) is 1. The van der Waals surface area contributed by atoms with Crippen molar-refractivity contribution in [3.63, 3.8) is 0 Å². The quantitative estimate of drug-likeness (QED) is 0.803. The van der Waals surface area contributed by atoms with Crippen LogP contribution in [0.2, 0.25) is 0 Å². The number of imidazole rings is 1. The van der Waals surface area contributed by atoms with E-state index in [1.165, 1.54) is 18.5 Å². The van der Waals surface area contributed by atoms with Gasteiger partial charge in [0, 0.05) is 11.9 Å². The molecule has 1 aromatic rings. The third-order valence-corrected chi connectivity index (χ3v) is 1.80. The molecule has 0 saturated carbocycles. The van der Waals surface area contributed by atoms with E-state index >= 15 is 0 Å². The lowest BCUT2D eigenvalue weighted by Crippen LogP contribution is -1.82. The number of rotatable bonds is 3. The van der Waals surface area contributed by atoms with Gasteiger partial charge in [-0.3, -0.25) is 0 Å². The number of nitrogens with one attached hydrogen (secondary N) is 1. The molecule has 3 heteroatoms. The van der Waals surface area contributed by atoms with Crippen molar-refractivity contribution >= 4 is 15.9 Å². The second-order valence-electron chi connectivity index (χ2n) is 2.30. The molecule has 1 heterocycles. The van der Waals surface area contributed by atoms with Gasteiger partial charge >= 0.3 is 0 Å². The zero-order valence-electron chi connectivity index (χ0n) is 6.02. The van der Waals surface area contributed by atoms with Gasteiger partial charge in [0.1, 0.15) is 0 Å². The third kappa shape index (κ3) is 2.14. The number of hydrogen-bond acceptors (Lipinski definition) is 1. The second-order valence-corrected chi connectivity index (χ2v) is 3.05. The minimum absolute atomic E-state index is 0.832. The second kappa shape index (κ2) is 3.76. The fraction of sp³-hybridized carbons (Fsp3) is 0.571. The predicted octanol–water partition coefficient (Wildman–Crippen LogP) is 2.51. The molecule has 10 heavy (non-hydrogen) atoms. The van der Waals surface area contributed by atoms with Crippen LogP contribution in [0, 0.1) is 0 Å². The summed E-state index contributed by atoms with van der Waals surface area (Å²) in [5.74, 6) is 0. The van der Waals surface area contributed by atoms with Gasteiger partial charge in [-0.25, -0.2) is 4.98 Å². The van der Waals surface area contributed by atoms with Crippen molar-refractivity contribution in [3.8, 4) is 0 Å². The van der Waals surface area contributed by atoms with Crippen LogP contribution in [0.3, 0.4) is 0 Å². The maximum atomic E-state index is 4.03. The van der Waals surface area contributed by atoms with E-state index in [2.05, 4.69) is 32.8 Å². The van der Waals surface area contributed by atoms with Crippen molar-refractivity contribution in [2.24, 2.45) is 0 Å². The van der Waals surface area contributed by atoms with Crippen LogP contribution < -0.4 is 0 Å². The van der Waals surface area contributed by atoms with Gasteiger partial charge < -0.3 is 4.98 Å². The van der Waals surface area contributed by atoms with Crippen LogP contribution in [-0.4, -0.2) is 9.97 Å². The fourth-order valence-electron chi connectivity index (χ4n) is 0.826. The number of aromatic amines is 1. The van der Waals surface area contributed by atoms with Crippen molar-refractivity contribution in [2.75, 3.05) is 0 Å². The number of aromatic nitrogens is 2. The number of H-pyrrole nitrogens is 1. The van der Waals surface area contributed by atoms with Gasteiger partial charge in [-0.1, -0.05) is 13.3 Å². The highest BCUT2D eigenvalue weighted by Crippen LogP contribution is 2.06. The van der Waals surface area contributed by atoms with Gasteiger partial charge in [0.25, 0.3) is 0 Å². The van der Waals surface area contributed by atoms with Gasteiger partial charge in [-0.05, 0) is 28.8 Å². The van der Waals surface area contributed by atoms with Gasteiger partial charge in [0.15, 0.2) is 4.73 Å². The van der Waals surface area contributed by atoms with Crippen molar-refractivity contribution in [2.45, 2.75) is 26.2 Å². The Balaban J connectivity index is 2.42. The van der Waals surface area contributed by atoms with Gasteiger partial charge in [0.05, 0.1) is 0 Å². The first-order chi connectivity index (χ1) is 4.83. The highest BCUT2D eigenvalue weighted by molar-refractivity contribution is 9.10. The Morgan fingerprint density at radius 2 is 2.50 bits per heavy atom. The van der Waals surface area contributed by atoms with Crippen molar-refractivity contribution in [1.82, 2.24) is 9.97 Å². The smallest absolute Gasteiger partial charge is 0.174 e. The third-order valence-electron chi connectivity index (χ3n) is 1.40. The molecule has 0 fully saturated rings. The van der Waals surface area contributed by atoms with E-state index in [-0.39, 0.29) is 0 Å². The molecule has 0 bridgehead atoms. The molecule has 0 aromatic carbocycles. The highest BCUT2D eigenvalue weighted by atomic mass is 79.9. The summed E-state index contributed by atoms with van der Waals surface area (Å²) in [7, 11) is 0. The molecule has 0 aliphatic carbocycles. The Kier molecular flexibility index (Phi) is 2.93. The SMILES string of the molecule is CCCCc1cnc(Br)[nH]1. The maximum Gasteiger partial charge on any atom is 0.174 e. The molecule has 0 aliphatic heterocycles. The maximum absolute atomic E-state index is 4.03. The van der Waals surface area contributed by atoms with Crippen molar-refractivity contribution in [1.29, 1.82) is 0 Å². The normalized spacial score (nSPS) is 10.2. The average Bonchev–Trinajstić information content (AvgIpc) is 2.31. The molecule has 0 unspecified atom stereocenters. The number of nitrogens with zero attached hydrogens (tertiary/aromatic N) is 1. The molecule has 1 aromatic heterocycles. The molecule has 1 N–H and O–H groups in total. The summed E-state index contributed by atoms with van der Waals surface area (Å²) in [5.41, 5.74) is 1.22. The van der Waals surface area contributed by atoms with E-state index in [1.54, 1.807) is 0 Å². The lowest BCUT2D eigenvalue weighted by atomic mass is 10.2. The van der Waals surface area contributed by atoms with Gasteiger partial charge in [0.2, 0.25) is 0 Å². The Bertz CT molecular complexity index is 195. The molecule has 0 aliphatic rings. The standard InChI is InChI=1S/C7H11BrN2/c1-2-3-4-6-5-9-7(8)10-6/h5H,2-4H2,1H3,(H,9,10). The summed E-state index contributed by atoms with van der Waals surface area (Å²) in [4.78, 5) is 7.15. The van der Waals surface area contributed by atoms with Crippen molar-refractivity contribution < 1.29 is 0 Å². The summed E-state index contributed by atoms with van der Waals surface area (Å²) in [6, 6.07) is 0. The molecule has 0 saturated heterocycles. The molecule has 2 nitrogen and oxygen atoms in total. The van der Waals surface area contributed by atoms with E-state index in [9.17, 15) is 0 Å². The van der Waals surface area contributed by atoms with Crippen LogP contribution in [0.1, 0.15) is 25.5 Å². The first kappa shape index (κ1) is 7.79. The molecular weight excluding hydrogens is 192 g/mol. The zero-order chi connectivity index (χ0) is 7.40. The summed E-state index contributed by atoms with van der Waals surface area (Å²) in [6.45, 7) is 2.19. The minimum atomic E-state index is 0.832. The largest absolute Gasteiger partial charge is 0.336 e. The minimum Gasteiger partial charge on any atom is -0.336 e. The summed E-state index contributed by atoms with van der Waals surface area (Å²) in [5, 5.41) is 0. The van der Waals surface area contributed by atoms with E-state index in [0.29, 0.717) is 0 Å². The molecule has 1 rings (SSSR count). The van der Waals surface area contributed by atoms with Crippen molar-refractivity contribution in [3.05, 3.63) is 16.6 Å². The van der Waals surface area contributed by atoms with E-state index < -0.39 is 0 Å². The van der Waals surface area contributed by atoms with Gasteiger partial charge in [-0.15, -0.1) is 0 Å². The van der Waals surface area contributed by atoms with E-state index in [1.807, 2.05) is 6.20 Å². The molecule has 0 spiro atoms. The zero-order valence-corrected chi connectivity index (χ0v) is 7.61. The Hall–Kier alpha value is -0.310. The first-order valence-electron chi connectivity index (χ1n) is 3.52. The Labute approximate surface area is 69.2 Å². The van der Waals surface area contributed by atoms with Crippen LogP contribution in [0.4, 0.5) is 0 Å². The Morgan fingerprint density at radius 1 is 1.70 bits per heavy atom. The molecule has 56 valence electrons. The van der Waals surface area contributed by atoms with Crippen LogP contribution in [0.25, 0.3) is 0 Å². The van der Waals surface area contributed by atoms with Crippen LogP contribution >= 0.6 is 15.9 Å². The summed E-state index contributed by atoms with van der Waals surface area (Å²) >= 11 is 3.26. The van der Waals surface area contributed by atoms with Crippen LogP contribution in [0.5, 0.6) is 0 Å². The van der Waals surface area contributed by atoms with Crippen LogP contribution in [-0.2, 0) is 6.42 Å². The lowest BCUT2D eigenvalue weighted by Gasteiger charge is -1.91. The topological polar surface area (TPSA) is 28.7 Å². The monoisotopic (exact) mass is 202 g/mol. The predicted molar refractivity (Wildman–Crippen MR) is 44.9 cm³/mol. The van der Waals surface area contributed by atoms with E-state index in [0.717, 1.165) is 11.2 Å². The fourth-order valence-corrected chi connectivity index (χ4v) is 1.18. The summed E-state index contributed by atoms with van der Waals surface area (Å²) < 4.78 is 0.832. The Morgan fingerprint density at radius 3 is 3.00 bits per heavy atom. The molecule has 0 radical (unpaired) electrons. The van der Waals surface area contributed by atoms with Crippen LogP contribution in [0.15, 0.2) is 10.9 Å². The molecule has 0 atom stereocenters.